The van der Waals surface area contributed by atoms with Gasteiger partial charge in [-0.05, 0) is 29.0 Å². The van der Waals surface area contributed by atoms with Gasteiger partial charge in [0.2, 0.25) is 5.91 Å². The van der Waals surface area contributed by atoms with Gasteiger partial charge in [0.15, 0.2) is 0 Å². The lowest BCUT2D eigenvalue weighted by Gasteiger charge is -2.31. The minimum atomic E-state index is -0.131. The summed E-state index contributed by atoms with van der Waals surface area (Å²) in [5.74, 6) is 0.171. The quantitative estimate of drug-likeness (QED) is 0.570. The summed E-state index contributed by atoms with van der Waals surface area (Å²) < 4.78 is 0. The average molecular weight is 448 g/mol. The van der Waals surface area contributed by atoms with Gasteiger partial charge in [0, 0.05) is 38.6 Å². The van der Waals surface area contributed by atoms with E-state index in [2.05, 4.69) is 29.2 Å². The van der Waals surface area contributed by atoms with E-state index in [1.807, 2.05) is 70.1 Å². The van der Waals surface area contributed by atoms with Gasteiger partial charge < -0.3 is 9.80 Å². The summed E-state index contributed by atoms with van der Waals surface area (Å²) in [7, 11) is 1.89. The van der Waals surface area contributed by atoms with Crippen molar-refractivity contribution in [3.05, 3.63) is 94.2 Å². The number of hydrogen-bond acceptors (Lipinski definition) is 4. The Kier molecular flexibility index (Phi) is 7.35. The molecule has 5 nitrogen and oxygen atoms in total. The van der Waals surface area contributed by atoms with Crippen LogP contribution >= 0.6 is 11.3 Å². The SMILES string of the molecule is CN(C(=O)CN1CCCN(C(=O)c2ccsc2)CC1)C(c1ccccc1)c1ccccc1. The third kappa shape index (κ3) is 5.26. The Morgan fingerprint density at radius 3 is 2.16 bits per heavy atom. The Morgan fingerprint density at radius 1 is 0.906 bits per heavy atom. The lowest BCUT2D eigenvalue weighted by atomic mass is 9.97. The molecule has 1 aliphatic heterocycles. The predicted octanol–water partition coefficient (Wildman–Crippen LogP) is 4.14. The van der Waals surface area contributed by atoms with Crippen LogP contribution in [0.25, 0.3) is 0 Å². The topological polar surface area (TPSA) is 43.9 Å². The summed E-state index contributed by atoms with van der Waals surface area (Å²) >= 11 is 1.54. The standard InChI is InChI=1S/C26H29N3O2S/c1-27(25(21-9-4-2-5-10-21)22-11-6-3-7-12-22)24(30)19-28-14-8-15-29(17-16-28)26(31)23-13-18-32-20-23/h2-7,9-13,18,20,25H,8,14-17,19H2,1H3. The molecule has 2 amide bonds. The molecule has 1 saturated heterocycles. The molecular weight excluding hydrogens is 418 g/mol. The van der Waals surface area contributed by atoms with E-state index in [9.17, 15) is 9.59 Å². The number of thiophene rings is 1. The first-order valence-corrected chi connectivity index (χ1v) is 12.0. The molecule has 0 aliphatic carbocycles. The Hall–Kier alpha value is -2.96. The summed E-state index contributed by atoms with van der Waals surface area (Å²) in [5.41, 5.74) is 2.95. The molecule has 0 radical (unpaired) electrons. The summed E-state index contributed by atoms with van der Waals surface area (Å²) in [4.78, 5) is 31.9. The van der Waals surface area contributed by atoms with Crippen molar-refractivity contribution in [2.45, 2.75) is 12.5 Å². The number of carbonyl (C=O) groups is 2. The molecule has 0 saturated carbocycles. The van der Waals surface area contributed by atoms with Crippen LogP contribution in [0.3, 0.4) is 0 Å². The predicted molar refractivity (Wildman–Crippen MR) is 129 cm³/mol. The van der Waals surface area contributed by atoms with Gasteiger partial charge in [-0.1, -0.05) is 60.7 Å². The molecule has 6 heteroatoms. The fourth-order valence-corrected chi connectivity index (χ4v) is 4.89. The molecule has 1 aromatic heterocycles. The van der Waals surface area contributed by atoms with Gasteiger partial charge in [-0.2, -0.15) is 11.3 Å². The van der Waals surface area contributed by atoms with Gasteiger partial charge in [0.1, 0.15) is 0 Å². The summed E-state index contributed by atoms with van der Waals surface area (Å²) in [6, 6.07) is 22.1. The van der Waals surface area contributed by atoms with Crippen molar-refractivity contribution < 1.29 is 9.59 Å². The van der Waals surface area contributed by atoms with E-state index in [4.69, 9.17) is 0 Å². The number of carbonyl (C=O) groups excluding carboxylic acids is 2. The van der Waals surface area contributed by atoms with Gasteiger partial charge in [-0.3, -0.25) is 14.5 Å². The van der Waals surface area contributed by atoms with Crippen molar-refractivity contribution in [2.75, 3.05) is 39.8 Å². The number of benzene rings is 2. The largest absolute Gasteiger partial charge is 0.337 e. The van der Waals surface area contributed by atoms with Crippen LogP contribution in [-0.4, -0.2) is 66.3 Å². The lowest BCUT2D eigenvalue weighted by molar-refractivity contribution is -0.132. The van der Waals surface area contributed by atoms with E-state index in [0.29, 0.717) is 19.6 Å². The minimum absolute atomic E-state index is 0.0836. The van der Waals surface area contributed by atoms with Crippen molar-refractivity contribution in [3.8, 4) is 0 Å². The molecule has 32 heavy (non-hydrogen) atoms. The van der Waals surface area contributed by atoms with E-state index >= 15 is 0 Å². The van der Waals surface area contributed by atoms with E-state index < -0.39 is 0 Å². The van der Waals surface area contributed by atoms with Crippen LogP contribution < -0.4 is 0 Å². The number of likely N-dealkylation sites (N-methyl/N-ethyl adjacent to an activating group) is 1. The normalized spacial score (nSPS) is 14.9. The van der Waals surface area contributed by atoms with Crippen LogP contribution in [0.2, 0.25) is 0 Å². The first kappa shape index (κ1) is 22.2. The van der Waals surface area contributed by atoms with Crippen LogP contribution in [0.15, 0.2) is 77.5 Å². The second-order valence-corrected chi connectivity index (χ2v) is 8.94. The lowest BCUT2D eigenvalue weighted by Crippen LogP contribution is -2.42. The highest BCUT2D eigenvalue weighted by Crippen LogP contribution is 2.27. The molecule has 1 aliphatic rings. The number of nitrogens with zero attached hydrogens (tertiary/aromatic N) is 3. The number of rotatable bonds is 6. The van der Waals surface area contributed by atoms with Gasteiger partial charge in [0.05, 0.1) is 18.2 Å². The third-order valence-electron chi connectivity index (χ3n) is 6.01. The van der Waals surface area contributed by atoms with Crippen LogP contribution in [0, 0.1) is 0 Å². The number of hydrogen-bond donors (Lipinski definition) is 0. The average Bonchev–Trinajstić information content (AvgIpc) is 3.27. The maximum atomic E-state index is 13.3. The molecule has 0 bridgehead atoms. The molecular formula is C26H29N3O2S. The number of amides is 2. The third-order valence-corrected chi connectivity index (χ3v) is 6.70. The van der Waals surface area contributed by atoms with E-state index in [0.717, 1.165) is 36.2 Å². The maximum Gasteiger partial charge on any atom is 0.254 e. The van der Waals surface area contributed by atoms with Crippen molar-refractivity contribution in [1.29, 1.82) is 0 Å². The van der Waals surface area contributed by atoms with Crippen molar-refractivity contribution in [3.63, 3.8) is 0 Å². The highest BCUT2D eigenvalue weighted by atomic mass is 32.1. The molecule has 4 rings (SSSR count). The molecule has 0 N–H and O–H groups in total. The van der Waals surface area contributed by atoms with E-state index in [1.54, 1.807) is 11.3 Å². The highest BCUT2D eigenvalue weighted by molar-refractivity contribution is 7.08. The fourth-order valence-electron chi connectivity index (χ4n) is 4.26. The maximum absolute atomic E-state index is 13.3. The Balaban J connectivity index is 1.42. The van der Waals surface area contributed by atoms with Gasteiger partial charge >= 0.3 is 0 Å². The fraction of sp³-hybridized carbons (Fsp3) is 0.308. The van der Waals surface area contributed by atoms with Crippen LogP contribution in [0.4, 0.5) is 0 Å². The second kappa shape index (κ2) is 10.6. The van der Waals surface area contributed by atoms with Crippen LogP contribution in [0.5, 0.6) is 0 Å². The monoisotopic (exact) mass is 447 g/mol. The molecule has 1 fully saturated rings. The van der Waals surface area contributed by atoms with Crippen molar-refractivity contribution in [1.82, 2.24) is 14.7 Å². The molecule has 166 valence electrons. The van der Waals surface area contributed by atoms with Crippen molar-refractivity contribution in [2.24, 2.45) is 0 Å². The Bertz CT molecular complexity index is 969. The molecule has 2 aromatic carbocycles. The molecule has 2 heterocycles. The zero-order chi connectivity index (χ0) is 22.3. The van der Waals surface area contributed by atoms with Crippen molar-refractivity contribution >= 4 is 23.2 Å². The molecule has 0 unspecified atom stereocenters. The summed E-state index contributed by atoms with van der Waals surface area (Å²) in [6.45, 7) is 3.25. The van der Waals surface area contributed by atoms with Gasteiger partial charge in [0.25, 0.3) is 5.91 Å². The smallest absolute Gasteiger partial charge is 0.254 e. The zero-order valence-electron chi connectivity index (χ0n) is 18.4. The van der Waals surface area contributed by atoms with E-state index in [1.165, 1.54) is 0 Å². The zero-order valence-corrected chi connectivity index (χ0v) is 19.2. The second-order valence-electron chi connectivity index (χ2n) is 8.16. The van der Waals surface area contributed by atoms with Gasteiger partial charge in [-0.15, -0.1) is 0 Å². The Morgan fingerprint density at radius 2 is 1.56 bits per heavy atom. The van der Waals surface area contributed by atoms with Gasteiger partial charge in [-0.25, -0.2) is 0 Å². The molecule has 3 aromatic rings. The van der Waals surface area contributed by atoms with Crippen LogP contribution in [0.1, 0.15) is 33.9 Å². The minimum Gasteiger partial charge on any atom is -0.337 e. The molecule has 0 spiro atoms. The first-order valence-electron chi connectivity index (χ1n) is 11.0. The van der Waals surface area contributed by atoms with E-state index in [-0.39, 0.29) is 17.9 Å². The highest BCUT2D eigenvalue weighted by Gasteiger charge is 2.26. The van der Waals surface area contributed by atoms with Crippen LogP contribution in [-0.2, 0) is 4.79 Å². The Labute approximate surface area is 193 Å². The first-order chi connectivity index (χ1) is 15.6. The summed E-state index contributed by atoms with van der Waals surface area (Å²) in [5, 5.41) is 3.83. The molecule has 0 atom stereocenters. The summed E-state index contributed by atoms with van der Waals surface area (Å²) in [6.07, 6.45) is 0.869.